The highest BCUT2D eigenvalue weighted by Crippen LogP contribution is 2.23. The van der Waals surface area contributed by atoms with Gasteiger partial charge in [0.2, 0.25) is 0 Å². The largest absolute Gasteiger partial charge is 0.477 e. The Balaban J connectivity index is 2.67. The van der Waals surface area contributed by atoms with E-state index in [0.717, 1.165) is 4.47 Å². The van der Waals surface area contributed by atoms with Gasteiger partial charge in [0.25, 0.3) is 5.56 Å². The molecule has 0 amide bonds. The number of hydrogen-bond acceptors (Lipinski definition) is 2. The number of aromatic carboxylic acids is 1. The molecule has 2 N–H and O–H groups in total. The molecule has 2 rings (SSSR count). The van der Waals surface area contributed by atoms with Crippen molar-refractivity contribution < 1.29 is 9.90 Å². The molecular weight excluding hydrogens is 286 g/mol. The molecule has 4 nitrogen and oxygen atoms in total. The van der Waals surface area contributed by atoms with Gasteiger partial charge in [-0.3, -0.25) is 4.79 Å². The Kier molecular flexibility index (Phi) is 3.10. The first kappa shape index (κ1) is 11.6. The quantitative estimate of drug-likeness (QED) is 0.894. The Bertz CT molecular complexity index is 616. The molecule has 0 fully saturated rings. The van der Waals surface area contributed by atoms with Crippen molar-refractivity contribution >= 4 is 21.9 Å². The van der Waals surface area contributed by atoms with E-state index in [1.807, 2.05) is 0 Å². The van der Waals surface area contributed by atoms with Gasteiger partial charge in [-0.1, -0.05) is 28.1 Å². The van der Waals surface area contributed by atoms with Crippen molar-refractivity contribution in [3.05, 3.63) is 56.9 Å². The maximum atomic E-state index is 11.5. The summed E-state index contributed by atoms with van der Waals surface area (Å²) < 4.78 is 0.892. The van der Waals surface area contributed by atoms with E-state index in [1.54, 1.807) is 30.3 Å². The Labute approximate surface area is 105 Å². The van der Waals surface area contributed by atoms with Crippen LogP contribution in [0.3, 0.4) is 0 Å². The van der Waals surface area contributed by atoms with Crippen molar-refractivity contribution in [3.8, 4) is 11.1 Å². The van der Waals surface area contributed by atoms with Crippen LogP contribution in [0.4, 0.5) is 0 Å². The zero-order valence-electron chi connectivity index (χ0n) is 8.61. The Hall–Kier alpha value is -1.88. The van der Waals surface area contributed by atoms with E-state index in [9.17, 15) is 9.59 Å². The summed E-state index contributed by atoms with van der Waals surface area (Å²) in [6.07, 6.45) is 1.44. The molecule has 0 aliphatic heterocycles. The second-order valence-corrected chi connectivity index (χ2v) is 4.32. The minimum absolute atomic E-state index is 0.241. The lowest BCUT2D eigenvalue weighted by atomic mass is 10.0. The van der Waals surface area contributed by atoms with Gasteiger partial charge in [0.05, 0.1) is 0 Å². The lowest BCUT2D eigenvalue weighted by Crippen LogP contribution is -2.18. The molecule has 0 atom stereocenters. The maximum Gasteiger partial charge on any atom is 0.341 e. The first-order valence-corrected chi connectivity index (χ1v) is 5.60. The summed E-state index contributed by atoms with van der Waals surface area (Å²) in [5.74, 6) is -1.23. The summed E-state index contributed by atoms with van der Waals surface area (Å²) in [4.78, 5) is 24.9. The first-order valence-electron chi connectivity index (χ1n) is 4.80. The van der Waals surface area contributed by atoms with Gasteiger partial charge in [0.15, 0.2) is 0 Å². The Morgan fingerprint density at radius 1 is 1.18 bits per heavy atom. The number of pyridine rings is 1. The van der Waals surface area contributed by atoms with Gasteiger partial charge >= 0.3 is 5.97 Å². The fraction of sp³-hybridized carbons (Fsp3) is 0. The van der Waals surface area contributed by atoms with Crippen molar-refractivity contribution in [2.75, 3.05) is 0 Å². The molecule has 0 spiro atoms. The summed E-state index contributed by atoms with van der Waals surface area (Å²) in [5, 5.41) is 9.03. The van der Waals surface area contributed by atoms with Gasteiger partial charge in [-0.25, -0.2) is 4.79 Å². The summed E-state index contributed by atoms with van der Waals surface area (Å²) in [6, 6.07) is 8.68. The molecule has 0 radical (unpaired) electrons. The van der Waals surface area contributed by atoms with Crippen molar-refractivity contribution in [2.24, 2.45) is 0 Å². The molecule has 1 aromatic heterocycles. The summed E-state index contributed by atoms with van der Waals surface area (Å²) in [6.45, 7) is 0. The summed E-state index contributed by atoms with van der Waals surface area (Å²) in [5.41, 5.74) is 0.262. The molecule has 17 heavy (non-hydrogen) atoms. The number of carboxylic acids is 1. The average Bonchev–Trinajstić information content (AvgIpc) is 2.29. The summed E-state index contributed by atoms with van der Waals surface area (Å²) in [7, 11) is 0. The van der Waals surface area contributed by atoms with Crippen LogP contribution in [0.25, 0.3) is 11.1 Å². The van der Waals surface area contributed by atoms with Gasteiger partial charge in [0, 0.05) is 16.2 Å². The van der Waals surface area contributed by atoms with Crippen molar-refractivity contribution in [3.63, 3.8) is 0 Å². The highest BCUT2D eigenvalue weighted by Gasteiger charge is 2.15. The number of halogens is 1. The lowest BCUT2D eigenvalue weighted by molar-refractivity contribution is 0.0696. The maximum absolute atomic E-state index is 11.5. The zero-order valence-corrected chi connectivity index (χ0v) is 10.2. The normalized spacial score (nSPS) is 10.2. The van der Waals surface area contributed by atoms with Gasteiger partial charge < -0.3 is 10.1 Å². The van der Waals surface area contributed by atoms with E-state index in [4.69, 9.17) is 5.11 Å². The van der Waals surface area contributed by atoms with Crippen LogP contribution in [0.15, 0.2) is 45.8 Å². The molecule has 0 aliphatic rings. The number of rotatable bonds is 2. The number of benzene rings is 1. The van der Waals surface area contributed by atoms with Crippen molar-refractivity contribution in [1.29, 1.82) is 0 Å². The van der Waals surface area contributed by atoms with Crippen LogP contribution < -0.4 is 5.56 Å². The smallest absolute Gasteiger partial charge is 0.341 e. The van der Waals surface area contributed by atoms with E-state index in [0.29, 0.717) is 11.1 Å². The predicted molar refractivity (Wildman–Crippen MR) is 67.2 cm³/mol. The molecule has 0 bridgehead atoms. The molecule has 0 saturated carbocycles. The van der Waals surface area contributed by atoms with Crippen LogP contribution in [0.1, 0.15) is 10.4 Å². The first-order chi connectivity index (χ1) is 8.09. The fourth-order valence-corrected chi connectivity index (χ4v) is 1.83. The third kappa shape index (κ3) is 2.29. The molecule has 1 aromatic carbocycles. The van der Waals surface area contributed by atoms with Crippen LogP contribution in [-0.2, 0) is 0 Å². The average molecular weight is 294 g/mol. The topological polar surface area (TPSA) is 70.2 Å². The van der Waals surface area contributed by atoms with Crippen LogP contribution in [-0.4, -0.2) is 16.1 Å². The predicted octanol–water partition coefficient (Wildman–Crippen LogP) is 2.50. The van der Waals surface area contributed by atoms with Gasteiger partial charge in [0.1, 0.15) is 5.56 Å². The summed E-state index contributed by atoms with van der Waals surface area (Å²) >= 11 is 3.30. The molecule has 1 heterocycles. The molecule has 86 valence electrons. The van der Waals surface area contributed by atoms with E-state index >= 15 is 0 Å². The molecule has 0 unspecified atom stereocenters. The fourth-order valence-electron chi connectivity index (χ4n) is 1.56. The number of aromatic amines is 1. The van der Waals surface area contributed by atoms with Crippen LogP contribution in [0, 0.1) is 0 Å². The highest BCUT2D eigenvalue weighted by atomic mass is 79.9. The lowest BCUT2D eigenvalue weighted by Gasteiger charge is -2.05. The second kappa shape index (κ2) is 4.55. The van der Waals surface area contributed by atoms with Crippen molar-refractivity contribution in [1.82, 2.24) is 4.98 Å². The second-order valence-electron chi connectivity index (χ2n) is 3.41. The van der Waals surface area contributed by atoms with E-state index in [1.165, 1.54) is 6.20 Å². The van der Waals surface area contributed by atoms with Gasteiger partial charge in [-0.15, -0.1) is 0 Å². The number of carbonyl (C=O) groups is 1. The molecule has 5 heteroatoms. The van der Waals surface area contributed by atoms with E-state index < -0.39 is 11.5 Å². The third-order valence-electron chi connectivity index (χ3n) is 2.33. The zero-order chi connectivity index (χ0) is 12.4. The monoisotopic (exact) mass is 293 g/mol. The standard InChI is InChI=1S/C12H8BrNO3/c13-8-3-1-7(2-4-8)9-5-6-14-11(15)10(9)12(16)17/h1-6H,(H,14,15)(H,16,17). The van der Waals surface area contributed by atoms with Gasteiger partial charge in [-0.2, -0.15) is 0 Å². The van der Waals surface area contributed by atoms with E-state index in [-0.39, 0.29) is 5.56 Å². The number of hydrogen-bond donors (Lipinski definition) is 2. The highest BCUT2D eigenvalue weighted by molar-refractivity contribution is 9.10. The minimum Gasteiger partial charge on any atom is -0.477 e. The number of aromatic nitrogens is 1. The van der Waals surface area contributed by atoms with Crippen LogP contribution in [0.2, 0.25) is 0 Å². The van der Waals surface area contributed by atoms with Crippen LogP contribution in [0.5, 0.6) is 0 Å². The van der Waals surface area contributed by atoms with Gasteiger partial charge in [-0.05, 0) is 23.8 Å². The third-order valence-corrected chi connectivity index (χ3v) is 2.86. The number of nitrogens with one attached hydrogen (secondary N) is 1. The molecular formula is C12H8BrNO3. The number of carboxylic acid groups (broad SMARTS) is 1. The molecule has 0 aliphatic carbocycles. The molecule has 2 aromatic rings. The SMILES string of the molecule is O=C(O)c1c(-c2ccc(Br)cc2)cc[nH]c1=O. The number of H-pyrrole nitrogens is 1. The minimum atomic E-state index is -1.23. The Morgan fingerprint density at radius 2 is 1.82 bits per heavy atom. The van der Waals surface area contributed by atoms with Crippen LogP contribution >= 0.6 is 15.9 Å². The van der Waals surface area contributed by atoms with Crippen molar-refractivity contribution in [2.45, 2.75) is 0 Å². The Morgan fingerprint density at radius 3 is 2.41 bits per heavy atom. The molecule has 0 saturated heterocycles. The van der Waals surface area contributed by atoms with E-state index in [2.05, 4.69) is 20.9 Å².